The first-order valence-electron chi connectivity index (χ1n) is 9.21. The third-order valence-electron chi connectivity index (χ3n) is 4.16. The van der Waals surface area contributed by atoms with Gasteiger partial charge in [-0.15, -0.1) is 21.5 Å². The zero-order chi connectivity index (χ0) is 21.5. The van der Waals surface area contributed by atoms with Gasteiger partial charge in [-0.3, -0.25) is 4.79 Å². The number of amides is 1. The molecular formula is C20H22N4O4S2. The largest absolute Gasteiger partial charge is 0.486 e. The molecule has 0 aliphatic carbocycles. The van der Waals surface area contributed by atoms with Crippen molar-refractivity contribution in [3.8, 4) is 5.75 Å². The van der Waals surface area contributed by atoms with Gasteiger partial charge in [0.05, 0.1) is 18.4 Å². The lowest BCUT2D eigenvalue weighted by Crippen LogP contribution is -2.16. The number of nitrogens with zero attached hydrogens (tertiary/aromatic N) is 3. The number of thiophene rings is 1. The Morgan fingerprint density at radius 2 is 2.00 bits per heavy atom. The molecule has 0 aliphatic rings. The molecule has 0 spiro atoms. The Morgan fingerprint density at radius 3 is 2.70 bits per heavy atom. The third kappa shape index (κ3) is 5.39. The van der Waals surface area contributed by atoms with Gasteiger partial charge in [0, 0.05) is 11.9 Å². The molecule has 1 aromatic carbocycles. The summed E-state index contributed by atoms with van der Waals surface area (Å²) in [5.74, 6) is 0.828. The Morgan fingerprint density at radius 1 is 1.23 bits per heavy atom. The molecule has 0 saturated heterocycles. The van der Waals surface area contributed by atoms with Gasteiger partial charge in [-0.2, -0.15) is 0 Å². The lowest BCUT2D eigenvalue weighted by molar-refractivity contribution is -0.113. The first-order chi connectivity index (χ1) is 14.5. The van der Waals surface area contributed by atoms with Crippen molar-refractivity contribution in [1.82, 2.24) is 14.8 Å². The fraction of sp³-hybridized carbons (Fsp3) is 0.300. The number of carbonyl (C=O) groups excluding carboxylic acids is 2. The molecule has 1 N–H and O–H groups in total. The van der Waals surface area contributed by atoms with E-state index in [1.165, 1.54) is 30.2 Å². The molecule has 0 unspecified atom stereocenters. The van der Waals surface area contributed by atoms with Crippen LogP contribution in [0.2, 0.25) is 0 Å². The second-order valence-electron chi connectivity index (χ2n) is 6.20. The summed E-state index contributed by atoms with van der Waals surface area (Å²) in [6.07, 6.45) is 0.770. The average molecular weight is 447 g/mol. The minimum Gasteiger partial charge on any atom is -0.486 e. The van der Waals surface area contributed by atoms with Crippen LogP contribution in [0.15, 0.2) is 41.6 Å². The Bertz CT molecular complexity index is 1020. The molecule has 158 valence electrons. The molecule has 0 atom stereocenters. The van der Waals surface area contributed by atoms with Crippen molar-refractivity contribution in [2.75, 3.05) is 18.2 Å². The number of hydrogen-bond donors (Lipinski definition) is 1. The van der Waals surface area contributed by atoms with Crippen LogP contribution >= 0.6 is 23.1 Å². The van der Waals surface area contributed by atoms with Crippen molar-refractivity contribution in [3.63, 3.8) is 0 Å². The smallest absolute Gasteiger partial charge is 0.340 e. The zero-order valence-electron chi connectivity index (χ0n) is 16.9. The van der Waals surface area contributed by atoms with Gasteiger partial charge in [-0.05, 0) is 24.6 Å². The number of benzene rings is 1. The highest BCUT2D eigenvalue weighted by atomic mass is 32.2. The predicted molar refractivity (Wildman–Crippen MR) is 116 cm³/mol. The third-order valence-corrected chi connectivity index (χ3v) is 6.37. The van der Waals surface area contributed by atoms with Crippen LogP contribution in [0.25, 0.3) is 0 Å². The Labute approximate surface area is 182 Å². The quantitative estimate of drug-likeness (QED) is 0.397. The van der Waals surface area contributed by atoms with Gasteiger partial charge in [-0.25, -0.2) is 4.79 Å². The Balaban J connectivity index is 1.57. The number of anilines is 1. The molecule has 10 heteroatoms. The lowest BCUT2D eigenvalue weighted by atomic mass is 10.2. The summed E-state index contributed by atoms with van der Waals surface area (Å²) in [6, 6.07) is 11.2. The highest BCUT2D eigenvalue weighted by molar-refractivity contribution is 7.99. The molecule has 2 heterocycles. The van der Waals surface area contributed by atoms with E-state index < -0.39 is 5.97 Å². The fourth-order valence-electron chi connectivity index (χ4n) is 2.52. The summed E-state index contributed by atoms with van der Waals surface area (Å²) in [5.41, 5.74) is 0.372. The van der Waals surface area contributed by atoms with Crippen LogP contribution in [0, 0.1) is 0 Å². The number of rotatable bonds is 9. The van der Waals surface area contributed by atoms with Gasteiger partial charge < -0.3 is 19.4 Å². The standard InChI is InChI=1S/C20H22N4O4S2/c1-4-14-10-15(19(26)27-3)18(30-14)21-17(25)12-29-20-23-22-16(24(20)2)11-28-13-8-6-5-7-9-13/h5-10H,4,11-12H2,1-3H3,(H,21,25). The van der Waals surface area contributed by atoms with E-state index in [1.54, 1.807) is 10.6 Å². The summed E-state index contributed by atoms with van der Waals surface area (Å²) in [6.45, 7) is 2.26. The van der Waals surface area contributed by atoms with E-state index in [2.05, 4.69) is 15.5 Å². The van der Waals surface area contributed by atoms with Crippen molar-refractivity contribution in [3.05, 3.63) is 52.7 Å². The number of nitrogens with one attached hydrogen (secondary N) is 1. The number of carbonyl (C=O) groups is 2. The fourth-order valence-corrected chi connectivity index (χ4v) is 4.25. The molecule has 0 aliphatic heterocycles. The predicted octanol–water partition coefficient (Wildman–Crippen LogP) is 3.54. The van der Waals surface area contributed by atoms with Crippen molar-refractivity contribution in [2.24, 2.45) is 7.05 Å². The first kappa shape index (κ1) is 21.8. The van der Waals surface area contributed by atoms with Gasteiger partial charge in [0.2, 0.25) is 5.91 Å². The molecule has 8 nitrogen and oxygen atoms in total. The number of para-hydroxylation sites is 1. The van der Waals surface area contributed by atoms with Crippen LogP contribution < -0.4 is 10.1 Å². The van der Waals surface area contributed by atoms with Gasteiger partial charge in [-0.1, -0.05) is 36.9 Å². The van der Waals surface area contributed by atoms with E-state index in [4.69, 9.17) is 9.47 Å². The van der Waals surface area contributed by atoms with E-state index in [9.17, 15) is 9.59 Å². The number of esters is 1. The maximum absolute atomic E-state index is 12.4. The van der Waals surface area contributed by atoms with Crippen LogP contribution in [0.5, 0.6) is 5.75 Å². The molecule has 30 heavy (non-hydrogen) atoms. The molecular weight excluding hydrogens is 424 g/mol. The summed E-state index contributed by atoms with van der Waals surface area (Å²) in [4.78, 5) is 25.3. The number of hydrogen-bond acceptors (Lipinski definition) is 8. The summed E-state index contributed by atoms with van der Waals surface area (Å²) in [5, 5.41) is 12.2. The molecule has 0 radical (unpaired) electrons. The van der Waals surface area contributed by atoms with Crippen LogP contribution in [0.3, 0.4) is 0 Å². The summed E-state index contributed by atoms with van der Waals surface area (Å²) < 4.78 is 12.3. The van der Waals surface area contributed by atoms with Gasteiger partial charge in [0.1, 0.15) is 17.4 Å². The maximum atomic E-state index is 12.4. The highest BCUT2D eigenvalue weighted by Gasteiger charge is 2.19. The number of thioether (sulfide) groups is 1. The van der Waals surface area contributed by atoms with E-state index >= 15 is 0 Å². The summed E-state index contributed by atoms with van der Waals surface area (Å²) >= 11 is 2.63. The highest BCUT2D eigenvalue weighted by Crippen LogP contribution is 2.29. The molecule has 0 bridgehead atoms. The lowest BCUT2D eigenvalue weighted by Gasteiger charge is -2.07. The molecule has 3 rings (SSSR count). The van der Waals surface area contributed by atoms with E-state index in [0.717, 1.165) is 17.0 Å². The van der Waals surface area contributed by atoms with E-state index in [-0.39, 0.29) is 18.3 Å². The Hall–Kier alpha value is -2.85. The van der Waals surface area contributed by atoms with Crippen molar-refractivity contribution in [1.29, 1.82) is 0 Å². The molecule has 0 saturated carbocycles. The second kappa shape index (κ2) is 10.3. The SMILES string of the molecule is CCc1cc(C(=O)OC)c(NC(=O)CSc2nnc(COc3ccccc3)n2C)s1. The Kier molecular flexibility index (Phi) is 7.47. The van der Waals surface area contributed by atoms with Crippen LogP contribution in [0.4, 0.5) is 5.00 Å². The molecule has 1 amide bonds. The topological polar surface area (TPSA) is 95.3 Å². The second-order valence-corrected chi connectivity index (χ2v) is 8.28. The number of methoxy groups -OCH3 is 1. The van der Waals surface area contributed by atoms with Crippen LogP contribution in [-0.4, -0.2) is 39.5 Å². The van der Waals surface area contributed by atoms with Gasteiger partial charge in [0.25, 0.3) is 0 Å². The molecule has 0 fully saturated rings. The maximum Gasteiger partial charge on any atom is 0.340 e. The van der Waals surface area contributed by atoms with E-state index in [1.807, 2.05) is 44.3 Å². The number of aryl methyl sites for hydroxylation is 1. The first-order valence-corrected chi connectivity index (χ1v) is 11.0. The molecule has 3 aromatic rings. The average Bonchev–Trinajstić information content (AvgIpc) is 3.34. The number of ether oxygens (including phenoxy) is 2. The van der Waals surface area contributed by atoms with Crippen molar-refractivity contribution >= 4 is 40.0 Å². The van der Waals surface area contributed by atoms with Crippen molar-refractivity contribution < 1.29 is 19.1 Å². The van der Waals surface area contributed by atoms with Crippen LogP contribution in [0.1, 0.15) is 28.0 Å². The van der Waals surface area contributed by atoms with E-state index in [0.29, 0.717) is 21.5 Å². The summed E-state index contributed by atoms with van der Waals surface area (Å²) in [7, 11) is 3.15. The zero-order valence-corrected chi connectivity index (χ0v) is 18.5. The minimum atomic E-state index is -0.467. The van der Waals surface area contributed by atoms with Crippen molar-refractivity contribution in [2.45, 2.75) is 25.1 Å². The van der Waals surface area contributed by atoms with Gasteiger partial charge in [0.15, 0.2) is 11.0 Å². The number of aromatic nitrogens is 3. The minimum absolute atomic E-state index is 0.130. The van der Waals surface area contributed by atoms with Crippen LogP contribution in [-0.2, 0) is 29.6 Å². The monoisotopic (exact) mass is 446 g/mol. The normalized spacial score (nSPS) is 10.6. The van der Waals surface area contributed by atoms with Gasteiger partial charge >= 0.3 is 5.97 Å². The molecule has 2 aromatic heterocycles.